The van der Waals surface area contributed by atoms with Crippen LogP contribution in [0.4, 0.5) is 13.6 Å². The fraction of sp³-hybridized carbons (Fsp3) is 0.591. The van der Waals surface area contributed by atoms with E-state index in [-0.39, 0.29) is 36.9 Å². The van der Waals surface area contributed by atoms with Gasteiger partial charge < -0.3 is 25.4 Å². The van der Waals surface area contributed by atoms with Gasteiger partial charge >= 0.3 is 12.6 Å². The number of benzene rings is 1. The topological polar surface area (TPSA) is 145 Å². The van der Waals surface area contributed by atoms with Crippen molar-refractivity contribution in [2.45, 2.75) is 50.1 Å². The molecule has 3 N–H and O–H groups in total. The zero-order valence-corrected chi connectivity index (χ0v) is 19.8. The number of Topliss-reactive ketones (excluding diaryl/α,β-unsaturated/α-hetero) is 1. The number of hydrogen-bond acceptors (Lipinski definition) is 7. The molecule has 194 valence electrons. The summed E-state index contributed by atoms with van der Waals surface area (Å²) in [5.74, 6) is -3.85. The van der Waals surface area contributed by atoms with Gasteiger partial charge in [-0.3, -0.25) is 9.59 Å². The summed E-state index contributed by atoms with van der Waals surface area (Å²) in [6.07, 6.45) is 2.20. The summed E-state index contributed by atoms with van der Waals surface area (Å²) in [4.78, 5) is 38.7. The van der Waals surface area contributed by atoms with Gasteiger partial charge in [-0.15, -0.1) is 0 Å². The molecule has 1 aliphatic carbocycles. The molecule has 3 rings (SSSR count). The van der Waals surface area contributed by atoms with Crippen LogP contribution in [-0.2, 0) is 29.9 Å². The molecule has 3 unspecified atom stereocenters. The Labute approximate surface area is 202 Å². The number of amides is 3. The number of primary amides is 1. The SMILES string of the molecule is NC(=O)N1CCOCC1C(CS(=O)(=O)Cc1ccccc1OC(F)F)C(=O)NC1CCCCC1=O. The molecule has 13 heteroatoms. The molecule has 0 radical (unpaired) electrons. The van der Waals surface area contributed by atoms with E-state index in [0.29, 0.717) is 12.8 Å². The first kappa shape index (κ1) is 26.8. The molecule has 0 aromatic heterocycles. The molecular formula is C22H29F2N3O7S. The second-order valence-electron chi connectivity index (χ2n) is 8.59. The molecule has 10 nitrogen and oxygen atoms in total. The molecule has 1 saturated carbocycles. The van der Waals surface area contributed by atoms with E-state index < -0.39 is 57.9 Å². The molecule has 2 fully saturated rings. The largest absolute Gasteiger partial charge is 0.435 e. The van der Waals surface area contributed by atoms with Gasteiger partial charge in [-0.2, -0.15) is 8.78 Å². The molecule has 1 aromatic rings. The van der Waals surface area contributed by atoms with Crippen LogP contribution in [0.2, 0.25) is 0 Å². The van der Waals surface area contributed by atoms with Crippen LogP contribution in [0.25, 0.3) is 0 Å². The summed E-state index contributed by atoms with van der Waals surface area (Å²) in [6.45, 7) is -3.04. The first-order valence-electron chi connectivity index (χ1n) is 11.3. The normalized spacial score (nSPS) is 22.0. The number of nitrogens with two attached hydrogens (primary N) is 1. The fourth-order valence-electron chi connectivity index (χ4n) is 4.41. The predicted molar refractivity (Wildman–Crippen MR) is 120 cm³/mol. The lowest BCUT2D eigenvalue weighted by Gasteiger charge is -2.39. The quantitative estimate of drug-likeness (QED) is 0.501. The van der Waals surface area contributed by atoms with Gasteiger partial charge in [-0.1, -0.05) is 24.6 Å². The highest BCUT2D eigenvalue weighted by Gasteiger charge is 2.41. The number of nitrogens with one attached hydrogen (secondary N) is 1. The Morgan fingerprint density at radius 2 is 2.00 bits per heavy atom. The number of ether oxygens (including phenoxy) is 2. The van der Waals surface area contributed by atoms with Gasteiger partial charge in [0, 0.05) is 18.5 Å². The van der Waals surface area contributed by atoms with E-state index in [2.05, 4.69) is 10.1 Å². The first-order chi connectivity index (χ1) is 16.6. The summed E-state index contributed by atoms with van der Waals surface area (Å²) < 4.78 is 61.6. The van der Waals surface area contributed by atoms with E-state index >= 15 is 0 Å². The molecule has 0 bridgehead atoms. The van der Waals surface area contributed by atoms with Gasteiger partial charge in [0.15, 0.2) is 15.6 Å². The maximum atomic E-state index is 13.3. The Morgan fingerprint density at radius 1 is 1.26 bits per heavy atom. The molecule has 1 saturated heterocycles. The van der Waals surface area contributed by atoms with Crippen molar-refractivity contribution in [2.75, 3.05) is 25.5 Å². The van der Waals surface area contributed by atoms with Crippen molar-refractivity contribution >= 4 is 27.6 Å². The van der Waals surface area contributed by atoms with Crippen LogP contribution in [0, 0.1) is 5.92 Å². The zero-order chi connectivity index (χ0) is 25.6. The van der Waals surface area contributed by atoms with Crippen molar-refractivity contribution in [3.63, 3.8) is 0 Å². The molecule has 1 aromatic carbocycles. The van der Waals surface area contributed by atoms with Crippen LogP contribution in [0.1, 0.15) is 31.2 Å². The second-order valence-corrected chi connectivity index (χ2v) is 10.7. The molecule has 35 heavy (non-hydrogen) atoms. The maximum absolute atomic E-state index is 13.3. The first-order valence-corrected chi connectivity index (χ1v) is 13.1. The number of morpholine rings is 1. The Kier molecular flexibility index (Phi) is 9.00. The van der Waals surface area contributed by atoms with Crippen molar-refractivity contribution in [3.05, 3.63) is 29.8 Å². The molecule has 2 aliphatic rings. The van der Waals surface area contributed by atoms with E-state index in [1.165, 1.54) is 29.2 Å². The average Bonchev–Trinajstić information content (AvgIpc) is 2.80. The molecule has 3 amide bonds. The van der Waals surface area contributed by atoms with Crippen LogP contribution in [0.3, 0.4) is 0 Å². The Balaban J connectivity index is 1.86. The molecule has 1 aliphatic heterocycles. The number of ketones is 1. The smallest absolute Gasteiger partial charge is 0.387 e. The number of halogens is 2. The number of nitrogens with zero attached hydrogens (tertiary/aromatic N) is 1. The lowest BCUT2D eigenvalue weighted by Crippen LogP contribution is -2.59. The maximum Gasteiger partial charge on any atom is 0.387 e. The number of hydrogen-bond donors (Lipinski definition) is 2. The van der Waals surface area contributed by atoms with Gasteiger partial charge in [0.25, 0.3) is 0 Å². The van der Waals surface area contributed by atoms with Crippen LogP contribution in [-0.4, -0.2) is 75.2 Å². The van der Waals surface area contributed by atoms with Crippen molar-refractivity contribution in [3.8, 4) is 5.75 Å². The minimum atomic E-state index is -4.09. The molecular weight excluding hydrogens is 488 g/mol. The predicted octanol–water partition coefficient (Wildman–Crippen LogP) is 1.23. The van der Waals surface area contributed by atoms with Crippen LogP contribution < -0.4 is 15.8 Å². The summed E-state index contributed by atoms with van der Waals surface area (Å²) >= 11 is 0. The third kappa shape index (κ3) is 7.34. The summed E-state index contributed by atoms with van der Waals surface area (Å²) in [7, 11) is -4.09. The summed E-state index contributed by atoms with van der Waals surface area (Å²) in [5, 5.41) is 2.64. The van der Waals surface area contributed by atoms with E-state index in [1.807, 2.05) is 0 Å². The van der Waals surface area contributed by atoms with Gasteiger partial charge in [0.2, 0.25) is 5.91 Å². The van der Waals surface area contributed by atoms with Crippen molar-refractivity contribution in [1.29, 1.82) is 0 Å². The lowest BCUT2D eigenvalue weighted by atomic mass is 9.92. The number of para-hydroxylation sites is 1. The number of carbonyl (C=O) groups excluding carboxylic acids is 3. The van der Waals surface area contributed by atoms with Gasteiger partial charge in [-0.25, -0.2) is 13.2 Å². The van der Waals surface area contributed by atoms with Crippen molar-refractivity contribution in [2.24, 2.45) is 11.7 Å². The standard InChI is InChI=1S/C22H29F2N3O7S/c23-21(24)34-19-8-4-1-5-14(19)12-35(31,32)13-15(17-11-33-10-9-27(17)22(25)30)20(29)26-16-6-2-3-7-18(16)28/h1,4-5,8,15-17,21H,2-3,6-7,9-13H2,(H2,25,30)(H,26,29). The van der Waals surface area contributed by atoms with Crippen molar-refractivity contribution < 1.29 is 41.1 Å². The third-order valence-corrected chi connectivity index (χ3v) is 7.74. The van der Waals surface area contributed by atoms with Crippen LogP contribution >= 0.6 is 0 Å². The molecule has 3 atom stereocenters. The highest BCUT2D eigenvalue weighted by Crippen LogP contribution is 2.26. The zero-order valence-electron chi connectivity index (χ0n) is 19.0. The number of rotatable bonds is 9. The summed E-state index contributed by atoms with van der Waals surface area (Å²) in [6, 6.07) is 2.90. The van der Waals surface area contributed by atoms with Crippen molar-refractivity contribution in [1.82, 2.24) is 10.2 Å². The van der Waals surface area contributed by atoms with Crippen LogP contribution in [0.5, 0.6) is 5.75 Å². The Hall–Kier alpha value is -2.80. The minimum Gasteiger partial charge on any atom is -0.435 e. The van der Waals surface area contributed by atoms with Crippen LogP contribution in [0.15, 0.2) is 24.3 Å². The Bertz CT molecular complexity index is 1040. The summed E-state index contributed by atoms with van der Waals surface area (Å²) in [5.41, 5.74) is 5.46. The highest BCUT2D eigenvalue weighted by molar-refractivity contribution is 7.90. The second kappa shape index (κ2) is 11.8. The molecule has 1 heterocycles. The number of carbonyl (C=O) groups is 3. The lowest BCUT2D eigenvalue weighted by molar-refractivity contribution is -0.133. The van der Waals surface area contributed by atoms with E-state index in [1.54, 1.807) is 0 Å². The monoisotopic (exact) mass is 517 g/mol. The number of sulfone groups is 1. The van der Waals surface area contributed by atoms with E-state index in [4.69, 9.17) is 10.5 Å². The minimum absolute atomic E-state index is 0.000989. The number of alkyl halides is 2. The molecule has 0 spiro atoms. The number of urea groups is 1. The highest BCUT2D eigenvalue weighted by atomic mass is 32.2. The van der Waals surface area contributed by atoms with Gasteiger partial charge in [-0.05, 0) is 18.9 Å². The fourth-order valence-corrected chi connectivity index (χ4v) is 6.16. The Morgan fingerprint density at radius 3 is 2.69 bits per heavy atom. The van der Waals surface area contributed by atoms with Gasteiger partial charge in [0.05, 0.1) is 42.7 Å². The van der Waals surface area contributed by atoms with E-state index in [9.17, 15) is 31.6 Å². The van der Waals surface area contributed by atoms with E-state index in [0.717, 1.165) is 12.8 Å². The third-order valence-electron chi connectivity index (χ3n) is 6.12. The van der Waals surface area contributed by atoms with Gasteiger partial charge in [0.1, 0.15) is 5.75 Å². The average molecular weight is 518 g/mol.